The third-order valence-corrected chi connectivity index (χ3v) is 7.50. The minimum absolute atomic E-state index is 0.0111. The Bertz CT molecular complexity index is 628. The molecule has 0 aromatic heterocycles. The van der Waals surface area contributed by atoms with Crippen LogP contribution in [0.5, 0.6) is 0 Å². The van der Waals surface area contributed by atoms with Crippen molar-refractivity contribution >= 4 is 23.2 Å². The fourth-order valence-corrected chi connectivity index (χ4v) is 6.65. The largest absolute Gasteiger partial charge is 0.368 e. The number of hydrogen-bond donors (Lipinski definition) is 0. The molecule has 0 atom stereocenters. The lowest BCUT2D eigenvalue weighted by atomic mass is 9.49. The highest BCUT2D eigenvalue weighted by molar-refractivity contribution is 6.30. The smallest absolute Gasteiger partial charge is 0.228 e. The lowest BCUT2D eigenvalue weighted by molar-refractivity contribution is -0.158. The number of carbonyl (C=O) groups is 1. The molecule has 4 bridgehead atoms. The first-order chi connectivity index (χ1) is 12.1. The number of carbonyl (C=O) groups excluding carboxylic acids is 1. The molecule has 0 unspecified atom stereocenters. The van der Waals surface area contributed by atoms with Gasteiger partial charge in [-0.05, 0) is 80.5 Å². The number of hydrogen-bond acceptors (Lipinski definition) is 2. The molecule has 5 fully saturated rings. The van der Waals surface area contributed by atoms with Gasteiger partial charge in [-0.2, -0.15) is 0 Å². The minimum Gasteiger partial charge on any atom is -0.368 e. The maximum atomic E-state index is 13.4. The predicted molar refractivity (Wildman–Crippen MR) is 101 cm³/mol. The number of rotatable bonds is 2. The molecule has 1 saturated heterocycles. The quantitative estimate of drug-likeness (QED) is 0.790. The summed E-state index contributed by atoms with van der Waals surface area (Å²) in [6.45, 7) is 3.59. The molecule has 1 aromatic carbocycles. The predicted octanol–water partition coefficient (Wildman–Crippen LogP) is 4.21. The Balaban J connectivity index is 1.26. The third-order valence-electron chi connectivity index (χ3n) is 7.25. The van der Waals surface area contributed by atoms with Crippen LogP contribution in [0.25, 0.3) is 0 Å². The Labute approximate surface area is 155 Å². The number of nitrogens with zero attached hydrogens (tertiary/aromatic N) is 2. The fourth-order valence-electron chi connectivity index (χ4n) is 6.53. The SMILES string of the molecule is O=C(N1CCN(c2ccc(Cl)cc2)CC1)C12CC3CC(CC(C3)C1)C2. The summed E-state index contributed by atoms with van der Waals surface area (Å²) in [4.78, 5) is 18.0. The number of anilines is 1. The fraction of sp³-hybridized carbons (Fsp3) is 0.667. The Morgan fingerprint density at radius 3 is 1.92 bits per heavy atom. The van der Waals surface area contributed by atoms with Crippen molar-refractivity contribution in [1.82, 2.24) is 4.90 Å². The third kappa shape index (κ3) is 2.75. The molecule has 4 aliphatic carbocycles. The first-order valence-electron chi connectivity index (χ1n) is 9.91. The topological polar surface area (TPSA) is 23.6 Å². The summed E-state index contributed by atoms with van der Waals surface area (Å²) in [5.41, 5.74) is 1.23. The van der Waals surface area contributed by atoms with Gasteiger partial charge in [-0.15, -0.1) is 0 Å². The van der Waals surface area contributed by atoms with Crippen molar-refractivity contribution < 1.29 is 4.79 Å². The molecular weight excluding hydrogens is 332 g/mol. The second-order valence-corrected chi connectivity index (χ2v) is 9.39. The molecule has 0 spiro atoms. The van der Waals surface area contributed by atoms with E-state index in [9.17, 15) is 4.79 Å². The second kappa shape index (κ2) is 5.90. The van der Waals surface area contributed by atoms with Gasteiger partial charge < -0.3 is 9.80 Å². The van der Waals surface area contributed by atoms with E-state index in [0.717, 1.165) is 49.0 Å². The van der Waals surface area contributed by atoms with Crippen LogP contribution in [-0.2, 0) is 4.79 Å². The van der Waals surface area contributed by atoms with Crippen molar-refractivity contribution in [2.75, 3.05) is 31.1 Å². The van der Waals surface area contributed by atoms with Crippen LogP contribution in [0.1, 0.15) is 38.5 Å². The number of benzene rings is 1. The number of amides is 1. The van der Waals surface area contributed by atoms with Gasteiger partial charge in [-0.25, -0.2) is 0 Å². The summed E-state index contributed by atoms with van der Waals surface area (Å²) in [6, 6.07) is 8.06. The highest BCUT2D eigenvalue weighted by Gasteiger charge is 2.55. The molecule has 0 N–H and O–H groups in total. The first-order valence-corrected chi connectivity index (χ1v) is 10.3. The van der Waals surface area contributed by atoms with E-state index in [2.05, 4.69) is 21.9 Å². The van der Waals surface area contributed by atoms with Crippen molar-refractivity contribution in [2.24, 2.45) is 23.2 Å². The minimum atomic E-state index is 0.0111. The van der Waals surface area contributed by atoms with Crippen molar-refractivity contribution in [3.05, 3.63) is 29.3 Å². The summed E-state index contributed by atoms with van der Waals surface area (Å²) >= 11 is 5.99. The van der Waals surface area contributed by atoms with E-state index < -0.39 is 0 Å². The zero-order chi connectivity index (χ0) is 17.0. The van der Waals surface area contributed by atoms with E-state index in [1.54, 1.807) is 0 Å². The molecule has 1 heterocycles. The molecule has 5 aliphatic rings. The molecule has 6 rings (SSSR count). The van der Waals surface area contributed by atoms with Gasteiger partial charge in [-0.1, -0.05) is 11.6 Å². The van der Waals surface area contributed by atoms with Crippen molar-refractivity contribution in [3.63, 3.8) is 0 Å². The monoisotopic (exact) mass is 358 g/mol. The maximum Gasteiger partial charge on any atom is 0.228 e. The molecule has 1 amide bonds. The van der Waals surface area contributed by atoms with Crippen LogP contribution in [0.4, 0.5) is 5.69 Å². The summed E-state index contributed by atoms with van der Waals surface area (Å²) in [6.07, 6.45) is 7.73. The van der Waals surface area contributed by atoms with Crippen LogP contribution in [0.2, 0.25) is 5.02 Å². The van der Waals surface area contributed by atoms with E-state index >= 15 is 0 Å². The summed E-state index contributed by atoms with van der Waals surface area (Å²) in [7, 11) is 0. The Morgan fingerprint density at radius 2 is 1.40 bits per heavy atom. The van der Waals surface area contributed by atoms with Crippen LogP contribution >= 0.6 is 11.6 Å². The Morgan fingerprint density at radius 1 is 0.880 bits per heavy atom. The molecule has 1 aromatic rings. The van der Waals surface area contributed by atoms with Gasteiger partial charge >= 0.3 is 0 Å². The van der Waals surface area contributed by atoms with Gasteiger partial charge in [0.1, 0.15) is 0 Å². The highest BCUT2D eigenvalue weighted by atomic mass is 35.5. The van der Waals surface area contributed by atoms with Gasteiger partial charge in [0.25, 0.3) is 0 Å². The van der Waals surface area contributed by atoms with E-state index in [-0.39, 0.29) is 5.41 Å². The van der Waals surface area contributed by atoms with E-state index in [1.807, 2.05) is 12.1 Å². The molecule has 3 nitrogen and oxygen atoms in total. The van der Waals surface area contributed by atoms with Crippen molar-refractivity contribution in [1.29, 1.82) is 0 Å². The average molecular weight is 359 g/mol. The normalized spacial score (nSPS) is 36.8. The Hall–Kier alpha value is -1.22. The van der Waals surface area contributed by atoms with Gasteiger partial charge in [0.15, 0.2) is 0 Å². The number of halogens is 1. The van der Waals surface area contributed by atoms with E-state index in [4.69, 9.17) is 11.6 Å². The molecule has 4 heteroatoms. The zero-order valence-electron chi connectivity index (χ0n) is 14.8. The molecule has 4 saturated carbocycles. The zero-order valence-corrected chi connectivity index (χ0v) is 15.5. The first kappa shape index (κ1) is 16.0. The van der Waals surface area contributed by atoms with E-state index in [0.29, 0.717) is 5.91 Å². The van der Waals surface area contributed by atoms with Gasteiger partial charge in [0.05, 0.1) is 5.41 Å². The molecular formula is C21H27ClN2O. The van der Waals surface area contributed by atoms with Gasteiger partial charge in [0.2, 0.25) is 5.91 Å². The average Bonchev–Trinajstić information content (AvgIpc) is 2.61. The standard InChI is InChI=1S/C21H27ClN2O/c22-18-1-3-19(4-2-18)23-5-7-24(8-6-23)20(25)21-12-15-9-16(13-21)11-17(10-15)14-21/h1-4,15-17H,5-14H2. The van der Waals surface area contributed by atoms with Crippen LogP contribution < -0.4 is 4.90 Å². The second-order valence-electron chi connectivity index (χ2n) is 8.95. The lowest BCUT2D eigenvalue weighted by Gasteiger charge is -2.57. The summed E-state index contributed by atoms with van der Waals surface area (Å²) < 4.78 is 0. The van der Waals surface area contributed by atoms with E-state index in [1.165, 1.54) is 44.2 Å². The van der Waals surface area contributed by atoms with Crippen molar-refractivity contribution in [3.8, 4) is 0 Å². The van der Waals surface area contributed by atoms with Crippen LogP contribution in [-0.4, -0.2) is 37.0 Å². The van der Waals surface area contributed by atoms with Crippen molar-refractivity contribution in [2.45, 2.75) is 38.5 Å². The van der Waals surface area contributed by atoms with Crippen LogP contribution in [0.15, 0.2) is 24.3 Å². The number of piperazine rings is 1. The summed E-state index contributed by atoms with van der Waals surface area (Å²) in [5.74, 6) is 3.00. The van der Waals surface area contributed by atoms with Crippen LogP contribution in [0, 0.1) is 23.2 Å². The molecule has 25 heavy (non-hydrogen) atoms. The van der Waals surface area contributed by atoms with Gasteiger partial charge in [-0.3, -0.25) is 4.79 Å². The summed E-state index contributed by atoms with van der Waals surface area (Å²) in [5, 5.41) is 0.777. The highest BCUT2D eigenvalue weighted by Crippen LogP contribution is 2.60. The lowest BCUT2D eigenvalue weighted by Crippen LogP contribution is -2.58. The Kier molecular flexibility index (Phi) is 3.78. The molecule has 134 valence electrons. The van der Waals surface area contributed by atoms with Crippen LogP contribution in [0.3, 0.4) is 0 Å². The van der Waals surface area contributed by atoms with Gasteiger partial charge in [0, 0.05) is 36.9 Å². The molecule has 1 aliphatic heterocycles. The molecule has 0 radical (unpaired) electrons. The maximum absolute atomic E-state index is 13.4.